The largest absolute Gasteiger partial charge is 0.376 e. The number of carbonyl (C=O) groups excluding carboxylic acids is 2. The van der Waals surface area contributed by atoms with E-state index in [0.717, 1.165) is 37.1 Å². The summed E-state index contributed by atoms with van der Waals surface area (Å²) in [7, 11) is 0. The first-order valence-electron chi connectivity index (χ1n) is 8.02. The van der Waals surface area contributed by atoms with Crippen LogP contribution in [0.15, 0.2) is 18.2 Å². The van der Waals surface area contributed by atoms with Crippen molar-refractivity contribution in [1.29, 1.82) is 0 Å². The Balaban J connectivity index is 1.66. The van der Waals surface area contributed by atoms with E-state index in [1.807, 2.05) is 24.0 Å². The van der Waals surface area contributed by atoms with Gasteiger partial charge in [0, 0.05) is 37.4 Å². The lowest BCUT2D eigenvalue weighted by Gasteiger charge is -2.16. The molecular formula is C17H22N2O3. The first-order valence-corrected chi connectivity index (χ1v) is 8.02. The van der Waals surface area contributed by atoms with Gasteiger partial charge in [0.15, 0.2) is 0 Å². The number of benzene rings is 1. The number of fused-ring (bicyclic) bond motifs is 1. The smallest absolute Gasteiger partial charge is 0.251 e. The molecule has 0 unspecified atom stereocenters. The molecule has 5 nitrogen and oxygen atoms in total. The fourth-order valence-corrected chi connectivity index (χ4v) is 3.11. The van der Waals surface area contributed by atoms with Gasteiger partial charge < -0.3 is 15.0 Å². The van der Waals surface area contributed by atoms with Crippen molar-refractivity contribution in [3.63, 3.8) is 0 Å². The minimum Gasteiger partial charge on any atom is -0.376 e. The van der Waals surface area contributed by atoms with E-state index in [-0.39, 0.29) is 17.9 Å². The van der Waals surface area contributed by atoms with Crippen molar-refractivity contribution >= 4 is 17.5 Å². The van der Waals surface area contributed by atoms with E-state index in [4.69, 9.17) is 4.74 Å². The Morgan fingerprint density at radius 1 is 1.41 bits per heavy atom. The molecule has 1 saturated heterocycles. The third-order valence-electron chi connectivity index (χ3n) is 4.36. The number of anilines is 1. The molecule has 1 N–H and O–H groups in total. The number of ether oxygens (including phenoxy) is 1. The van der Waals surface area contributed by atoms with Gasteiger partial charge in [0.05, 0.1) is 6.10 Å². The van der Waals surface area contributed by atoms with E-state index in [1.54, 1.807) is 6.07 Å². The molecule has 1 fully saturated rings. The maximum absolute atomic E-state index is 12.2. The molecule has 0 radical (unpaired) electrons. The zero-order valence-electron chi connectivity index (χ0n) is 12.9. The van der Waals surface area contributed by atoms with Crippen LogP contribution in [0, 0.1) is 0 Å². The summed E-state index contributed by atoms with van der Waals surface area (Å²) < 4.78 is 5.51. The molecule has 2 aliphatic rings. The van der Waals surface area contributed by atoms with Crippen molar-refractivity contribution in [2.24, 2.45) is 0 Å². The molecule has 0 aliphatic carbocycles. The van der Waals surface area contributed by atoms with Crippen LogP contribution >= 0.6 is 0 Å². The summed E-state index contributed by atoms with van der Waals surface area (Å²) in [6.07, 6.45) is 3.55. The number of amides is 2. The number of hydrogen-bond donors (Lipinski definition) is 1. The van der Waals surface area contributed by atoms with E-state index in [9.17, 15) is 9.59 Å². The molecule has 0 saturated carbocycles. The Bertz CT molecular complexity index is 579. The first kappa shape index (κ1) is 15.0. The molecular weight excluding hydrogens is 280 g/mol. The maximum atomic E-state index is 12.2. The highest BCUT2D eigenvalue weighted by Crippen LogP contribution is 2.29. The van der Waals surface area contributed by atoms with Crippen molar-refractivity contribution in [2.45, 2.75) is 38.7 Å². The van der Waals surface area contributed by atoms with Gasteiger partial charge in [0.2, 0.25) is 5.91 Å². The summed E-state index contributed by atoms with van der Waals surface area (Å²) in [5.74, 6) is 0.0629. The number of carbonyl (C=O) groups is 2. The first-order chi connectivity index (χ1) is 10.7. The van der Waals surface area contributed by atoms with Crippen molar-refractivity contribution < 1.29 is 14.3 Å². The molecule has 5 heteroatoms. The van der Waals surface area contributed by atoms with Crippen molar-refractivity contribution in [3.05, 3.63) is 29.3 Å². The molecule has 2 heterocycles. The molecule has 0 aromatic heterocycles. The summed E-state index contributed by atoms with van der Waals surface area (Å²) in [6, 6.07) is 5.59. The average molecular weight is 302 g/mol. The van der Waals surface area contributed by atoms with Gasteiger partial charge in [0.25, 0.3) is 5.91 Å². The highest BCUT2D eigenvalue weighted by atomic mass is 16.5. The Labute approximate surface area is 130 Å². The van der Waals surface area contributed by atoms with Crippen molar-refractivity contribution in [3.8, 4) is 0 Å². The molecule has 2 aliphatic heterocycles. The van der Waals surface area contributed by atoms with Crippen molar-refractivity contribution in [2.75, 3.05) is 24.6 Å². The molecule has 0 spiro atoms. The predicted molar refractivity (Wildman–Crippen MR) is 84.1 cm³/mol. The molecule has 3 rings (SSSR count). The summed E-state index contributed by atoms with van der Waals surface area (Å²) >= 11 is 0. The Morgan fingerprint density at radius 3 is 3.00 bits per heavy atom. The zero-order valence-corrected chi connectivity index (χ0v) is 12.9. The Hall–Kier alpha value is -1.88. The second kappa shape index (κ2) is 6.48. The summed E-state index contributed by atoms with van der Waals surface area (Å²) in [5, 5.41) is 2.93. The Morgan fingerprint density at radius 2 is 2.27 bits per heavy atom. The van der Waals surface area contributed by atoms with E-state index in [1.165, 1.54) is 0 Å². The van der Waals surface area contributed by atoms with Crippen LogP contribution < -0.4 is 10.2 Å². The maximum Gasteiger partial charge on any atom is 0.251 e. The van der Waals surface area contributed by atoms with Gasteiger partial charge in [-0.25, -0.2) is 0 Å². The lowest BCUT2D eigenvalue weighted by atomic mass is 10.1. The number of hydrogen-bond acceptors (Lipinski definition) is 3. The van der Waals surface area contributed by atoms with Gasteiger partial charge in [-0.05, 0) is 43.0 Å². The van der Waals surface area contributed by atoms with Crippen LogP contribution in [0.25, 0.3) is 0 Å². The fraction of sp³-hybridized carbons (Fsp3) is 0.529. The van der Waals surface area contributed by atoms with Gasteiger partial charge in [-0.15, -0.1) is 0 Å². The zero-order chi connectivity index (χ0) is 15.5. The summed E-state index contributed by atoms with van der Waals surface area (Å²) in [5.41, 5.74) is 2.68. The molecule has 2 amide bonds. The van der Waals surface area contributed by atoms with Crippen LogP contribution in [0.1, 0.15) is 42.1 Å². The van der Waals surface area contributed by atoms with Gasteiger partial charge >= 0.3 is 0 Å². The van der Waals surface area contributed by atoms with Crippen LogP contribution in [0.2, 0.25) is 0 Å². The average Bonchev–Trinajstić information content (AvgIpc) is 3.20. The lowest BCUT2D eigenvalue weighted by molar-refractivity contribution is -0.118. The molecule has 1 atom stereocenters. The summed E-state index contributed by atoms with van der Waals surface area (Å²) in [6.45, 7) is 3.94. The lowest BCUT2D eigenvalue weighted by Crippen LogP contribution is -2.31. The molecule has 1 aromatic carbocycles. The van der Waals surface area contributed by atoms with E-state index in [2.05, 4.69) is 5.32 Å². The topological polar surface area (TPSA) is 58.6 Å². The van der Waals surface area contributed by atoms with E-state index < -0.39 is 0 Å². The highest BCUT2D eigenvalue weighted by molar-refractivity contribution is 5.98. The molecule has 118 valence electrons. The summed E-state index contributed by atoms with van der Waals surface area (Å²) in [4.78, 5) is 25.9. The standard InChI is InChI=1S/C17H22N2O3/c1-2-16(20)19-8-7-12-10-13(5-6-15(12)19)17(21)18-11-14-4-3-9-22-14/h5-6,10,14H,2-4,7-9,11H2,1H3,(H,18,21)/t14-/m1/s1. The number of nitrogens with one attached hydrogen (secondary N) is 1. The second-order valence-corrected chi connectivity index (χ2v) is 5.84. The normalized spacial score (nSPS) is 20.0. The third kappa shape index (κ3) is 2.99. The van der Waals surface area contributed by atoms with E-state index >= 15 is 0 Å². The fourth-order valence-electron chi connectivity index (χ4n) is 3.11. The minimum atomic E-state index is -0.0708. The molecule has 0 bridgehead atoms. The quantitative estimate of drug-likeness (QED) is 0.924. The van der Waals surface area contributed by atoms with Crippen LogP contribution in [0.3, 0.4) is 0 Å². The SMILES string of the molecule is CCC(=O)N1CCc2cc(C(=O)NC[C@H]3CCCO3)ccc21. The number of nitrogens with zero attached hydrogens (tertiary/aromatic N) is 1. The minimum absolute atomic E-state index is 0.0708. The monoisotopic (exact) mass is 302 g/mol. The van der Waals surface area contributed by atoms with Crippen LogP contribution in [-0.4, -0.2) is 37.6 Å². The van der Waals surface area contributed by atoms with Gasteiger partial charge in [-0.1, -0.05) is 6.92 Å². The van der Waals surface area contributed by atoms with Gasteiger partial charge in [-0.2, -0.15) is 0 Å². The Kier molecular flexibility index (Phi) is 4.43. The molecule has 22 heavy (non-hydrogen) atoms. The van der Waals surface area contributed by atoms with E-state index in [0.29, 0.717) is 25.1 Å². The van der Waals surface area contributed by atoms with Crippen LogP contribution in [0.4, 0.5) is 5.69 Å². The predicted octanol–water partition coefficient (Wildman–Crippen LogP) is 1.89. The van der Waals surface area contributed by atoms with Crippen molar-refractivity contribution in [1.82, 2.24) is 5.32 Å². The van der Waals surface area contributed by atoms with Gasteiger partial charge in [-0.3, -0.25) is 9.59 Å². The van der Waals surface area contributed by atoms with Gasteiger partial charge in [0.1, 0.15) is 0 Å². The third-order valence-corrected chi connectivity index (χ3v) is 4.36. The van der Waals surface area contributed by atoms with Crippen LogP contribution in [-0.2, 0) is 16.0 Å². The van der Waals surface area contributed by atoms with Crippen LogP contribution in [0.5, 0.6) is 0 Å². The highest BCUT2D eigenvalue weighted by Gasteiger charge is 2.24. The second-order valence-electron chi connectivity index (χ2n) is 5.84. The number of rotatable bonds is 4. The molecule has 1 aromatic rings.